The minimum absolute atomic E-state index is 0.0776. The number of anilines is 2. The summed E-state index contributed by atoms with van der Waals surface area (Å²) < 4.78 is 64.6. The van der Waals surface area contributed by atoms with E-state index in [1.54, 1.807) is 6.20 Å². The second-order valence-electron chi connectivity index (χ2n) is 8.26. The number of halogens is 5. The first-order valence-electron chi connectivity index (χ1n) is 10.1. The van der Waals surface area contributed by atoms with Crippen LogP contribution in [0.2, 0.25) is 0 Å². The number of hydrogen-bond acceptors (Lipinski definition) is 7. The maximum absolute atomic E-state index is 12.8. The molecule has 0 amide bonds. The summed E-state index contributed by atoms with van der Waals surface area (Å²) in [5.41, 5.74) is 1.46. The van der Waals surface area contributed by atoms with Crippen LogP contribution in [0.15, 0.2) is 24.8 Å². The molecule has 2 fully saturated rings. The van der Waals surface area contributed by atoms with Crippen molar-refractivity contribution in [3.05, 3.63) is 30.6 Å². The number of hydrogen-bond donors (Lipinski definition) is 0. The topological polar surface area (TPSA) is 75.9 Å². The summed E-state index contributed by atoms with van der Waals surface area (Å²) in [6.45, 7) is 2.36. The standard InChI is InChI=1S/C19H19F5N8/c20-14(21)9-32-16-13(7-28-32)25-8-15(29-16)30-3-1-18(2-4-30)10-31(11-18)12-5-26-17(27-6-12)19(22,23)24/h5-8,14H,1-4,9-11H2. The van der Waals surface area contributed by atoms with E-state index < -0.39 is 25.0 Å². The molecule has 32 heavy (non-hydrogen) atoms. The summed E-state index contributed by atoms with van der Waals surface area (Å²) in [4.78, 5) is 19.7. The van der Waals surface area contributed by atoms with E-state index in [0.29, 0.717) is 22.7 Å². The van der Waals surface area contributed by atoms with Gasteiger partial charge in [0.05, 0.1) is 30.5 Å². The lowest BCUT2D eigenvalue weighted by Gasteiger charge is -2.54. The van der Waals surface area contributed by atoms with Gasteiger partial charge in [0, 0.05) is 31.6 Å². The third-order valence-electron chi connectivity index (χ3n) is 6.10. The van der Waals surface area contributed by atoms with Gasteiger partial charge in [0.25, 0.3) is 6.43 Å². The van der Waals surface area contributed by atoms with Gasteiger partial charge in [0.15, 0.2) is 5.65 Å². The number of piperidine rings is 1. The molecule has 5 rings (SSSR count). The fourth-order valence-corrected chi connectivity index (χ4v) is 4.36. The van der Waals surface area contributed by atoms with Gasteiger partial charge in [-0.05, 0) is 12.8 Å². The summed E-state index contributed by atoms with van der Waals surface area (Å²) in [7, 11) is 0. The van der Waals surface area contributed by atoms with E-state index in [4.69, 9.17) is 0 Å². The minimum atomic E-state index is -4.55. The Kier molecular flexibility index (Phi) is 4.86. The largest absolute Gasteiger partial charge is 0.451 e. The average Bonchev–Trinajstić information content (AvgIpc) is 3.13. The van der Waals surface area contributed by atoms with Gasteiger partial charge in [-0.15, -0.1) is 0 Å². The van der Waals surface area contributed by atoms with Crippen LogP contribution in [0.1, 0.15) is 18.7 Å². The number of nitrogens with zero attached hydrogens (tertiary/aromatic N) is 8. The van der Waals surface area contributed by atoms with Crippen LogP contribution in [0, 0.1) is 5.41 Å². The zero-order chi connectivity index (χ0) is 22.5. The van der Waals surface area contributed by atoms with Crippen LogP contribution in [-0.4, -0.2) is 62.3 Å². The summed E-state index contributed by atoms with van der Waals surface area (Å²) >= 11 is 0. The van der Waals surface area contributed by atoms with Gasteiger partial charge < -0.3 is 9.80 Å². The lowest BCUT2D eigenvalue weighted by atomic mass is 9.72. The smallest absolute Gasteiger partial charge is 0.368 e. The van der Waals surface area contributed by atoms with E-state index in [9.17, 15) is 22.0 Å². The Bertz CT molecular complexity index is 1100. The molecule has 2 saturated heterocycles. The summed E-state index contributed by atoms with van der Waals surface area (Å²) in [6, 6.07) is 0. The molecule has 3 aromatic heterocycles. The second kappa shape index (κ2) is 7.48. The summed E-state index contributed by atoms with van der Waals surface area (Å²) in [5, 5.41) is 3.94. The molecule has 170 valence electrons. The highest BCUT2D eigenvalue weighted by Gasteiger charge is 2.45. The molecular weight excluding hydrogens is 435 g/mol. The highest BCUT2D eigenvalue weighted by atomic mass is 19.4. The predicted molar refractivity (Wildman–Crippen MR) is 104 cm³/mol. The number of aromatic nitrogens is 6. The van der Waals surface area contributed by atoms with Gasteiger partial charge in [0.1, 0.15) is 17.9 Å². The normalized spacial score (nSPS) is 18.6. The molecular formula is C19H19F5N8. The highest BCUT2D eigenvalue weighted by molar-refractivity contribution is 5.71. The number of rotatable bonds is 4. The fraction of sp³-hybridized carbons (Fsp3) is 0.526. The van der Waals surface area contributed by atoms with Crippen molar-refractivity contribution in [2.75, 3.05) is 36.0 Å². The van der Waals surface area contributed by atoms with Gasteiger partial charge in [-0.1, -0.05) is 0 Å². The number of fused-ring (bicyclic) bond motifs is 1. The molecule has 8 nitrogen and oxygen atoms in total. The van der Waals surface area contributed by atoms with Gasteiger partial charge in [0.2, 0.25) is 5.82 Å². The molecule has 0 saturated carbocycles. The fourth-order valence-electron chi connectivity index (χ4n) is 4.36. The Morgan fingerprint density at radius 3 is 2.25 bits per heavy atom. The summed E-state index contributed by atoms with van der Waals surface area (Å²) in [6.07, 6.45) is 0.146. The SMILES string of the molecule is FC(F)Cn1ncc2ncc(N3CCC4(CC3)CN(c3cnc(C(F)(F)F)nc3)C4)nc21. The van der Waals surface area contributed by atoms with Crippen LogP contribution in [0.3, 0.4) is 0 Å². The van der Waals surface area contributed by atoms with E-state index in [1.165, 1.54) is 18.6 Å². The Morgan fingerprint density at radius 1 is 0.938 bits per heavy atom. The van der Waals surface area contributed by atoms with Gasteiger partial charge in [-0.25, -0.2) is 33.4 Å². The van der Waals surface area contributed by atoms with Crippen molar-refractivity contribution in [2.24, 2.45) is 5.41 Å². The molecule has 0 atom stereocenters. The molecule has 2 aliphatic heterocycles. The molecule has 0 radical (unpaired) electrons. The first-order valence-corrected chi connectivity index (χ1v) is 10.1. The lowest BCUT2D eigenvalue weighted by molar-refractivity contribution is -0.145. The highest BCUT2D eigenvalue weighted by Crippen LogP contribution is 2.43. The van der Waals surface area contributed by atoms with E-state index in [2.05, 4.69) is 29.9 Å². The van der Waals surface area contributed by atoms with E-state index in [-0.39, 0.29) is 5.41 Å². The van der Waals surface area contributed by atoms with Crippen LogP contribution in [0.4, 0.5) is 33.5 Å². The van der Waals surface area contributed by atoms with Crippen molar-refractivity contribution >= 4 is 22.7 Å². The average molecular weight is 454 g/mol. The van der Waals surface area contributed by atoms with Crippen molar-refractivity contribution in [3.63, 3.8) is 0 Å². The first kappa shape index (κ1) is 20.8. The van der Waals surface area contributed by atoms with Crippen LogP contribution in [0.25, 0.3) is 11.2 Å². The predicted octanol–water partition coefficient (Wildman–Crippen LogP) is 3.01. The Labute approximate surface area is 179 Å². The Hall–Kier alpha value is -3.12. The zero-order valence-electron chi connectivity index (χ0n) is 16.8. The van der Waals surface area contributed by atoms with Crippen molar-refractivity contribution in [2.45, 2.75) is 32.0 Å². The van der Waals surface area contributed by atoms with Crippen molar-refractivity contribution in [1.29, 1.82) is 0 Å². The molecule has 13 heteroatoms. The van der Waals surface area contributed by atoms with Crippen LogP contribution in [0.5, 0.6) is 0 Å². The van der Waals surface area contributed by atoms with Crippen molar-refractivity contribution < 1.29 is 22.0 Å². The van der Waals surface area contributed by atoms with Crippen LogP contribution < -0.4 is 9.80 Å². The minimum Gasteiger partial charge on any atom is -0.368 e. The second-order valence-corrected chi connectivity index (χ2v) is 8.26. The quantitative estimate of drug-likeness (QED) is 0.561. The third kappa shape index (κ3) is 3.79. The van der Waals surface area contributed by atoms with Gasteiger partial charge >= 0.3 is 6.18 Å². The monoisotopic (exact) mass is 454 g/mol. The number of alkyl halides is 5. The van der Waals surface area contributed by atoms with Crippen molar-refractivity contribution in [3.8, 4) is 0 Å². The van der Waals surface area contributed by atoms with Gasteiger partial charge in [-0.3, -0.25) is 0 Å². The van der Waals surface area contributed by atoms with E-state index >= 15 is 0 Å². The summed E-state index contributed by atoms with van der Waals surface area (Å²) in [5.74, 6) is -0.520. The molecule has 0 N–H and O–H groups in total. The molecule has 0 aromatic carbocycles. The maximum Gasteiger partial charge on any atom is 0.451 e. The lowest BCUT2D eigenvalue weighted by Crippen LogP contribution is -2.60. The van der Waals surface area contributed by atoms with Crippen LogP contribution >= 0.6 is 0 Å². The maximum atomic E-state index is 12.8. The van der Waals surface area contributed by atoms with Crippen molar-refractivity contribution in [1.82, 2.24) is 29.7 Å². The van der Waals surface area contributed by atoms with E-state index in [0.717, 1.165) is 43.7 Å². The van der Waals surface area contributed by atoms with Gasteiger partial charge in [-0.2, -0.15) is 18.3 Å². The molecule has 0 aliphatic carbocycles. The molecule has 0 unspecified atom stereocenters. The third-order valence-corrected chi connectivity index (χ3v) is 6.10. The molecule has 2 aliphatic rings. The Morgan fingerprint density at radius 2 is 1.62 bits per heavy atom. The van der Waals surface area contributed by atoms with E-state index in [1.807, 2.05) is 4.90 Å². The molecule has 0 bridgehead atoms. The molecule has 5 heterocycles. The molecule has 3 aromatic rings. The first-order chi connectivity index (χ1) is 15.2. The van der Waals surface area contributed by atoms with Crippen LogP contribution in [-0.2, 0) is 12.7 Å². The zero-order valence-corrected chi connectivity index (χ0v) is 16.8. The molecule has 1 spiro atoms. The Balaban J connectivity index is 1.21.